The number of aromatic nitrogens is 2. The van der Waals surface area contributed by atoms with Crippen LogP contribution in [0.15, 0.2) is 4.34 Å². The molecule has 0 aromatic carbocycles. The molecule has 0 bridgehead atoms. The number of hydrogen-bond donors (Lipinski definition) is 1. The smallest absolute Gasteiger partial charge is 0.208 e. The normalized spacial score (nSPS) is 24.9. The Morgan fingerprint density at radius 1 is 1.35 bits per heavy atom. The Kier molecular flexibility index (Phi) is 4.64. The Morgan fingerprint density at radius 3 is 2.82 bits per heavy atom. The third-order valence-corrected chi connectivity index (χ3v) is 5.55. The second kappa shape index (κ2) is 6.02. The summed E-state index contributed by atoms with van der Waals surface area (Å²) in [7, 11) is 6.08. The average molecular weight is 272 g/mol. The molecule has 1 heterocycles. The Labute approximate surface area is 111 Å². The lowest BCUT2D eigenvalue weighted by Gasteiger charge is -2.27. The zero-order valence-electron chi connectivity index (χ0n) is 10.6. The molecule has 0 aliphatic heterocycles. The zero-order chi connectivity index (χ0) is 12.3. The first kappa shape index (κ1) is 13.1. The molecule has 0 radical (unpaired) electrons. The standard InChI is InChI=1S/C11H20N4S2/c1-12-8-5-4-6-9(7-8)16-11-14-13-10(17-11)15(2)3/h8-9,12H,4-7H2,1-3H3. The van der Waals surface area contributed by atoms with Crippen LogP contribution in [0.5, 0.6) is 0 Å². The molecule has 1 aliphatic rings. The van der Waals surface area contributed by atoms with Crippen LogP contribution in [0.3, 0.4) is 0 Å². The summed E-state index contributed by atoms with van der Waals surface area (Å²) >= 11 is 3.59. The minimum absolute atomic E-state index is 0.683. The fourth-order valence-electron chi connectivity index (χ4n) is 2.09. The second-order valence-electron chi connectivity index (χ2n) is 4.64. The van der Waals surface area contributed by atoms with Crippen LogP contribution in [-0.2, 0) is 0 Å². The van der Waals surface area contributed by atoms with Crippen molar-refractivity contribution in [2.45, 2.75) is 41.3 Å². The van der Waals surface area contributed by atoms with Crippen LogP contribution in [-0.4, -0.2) is 42.6 Å². The van der Waals surface area contributed by atoms with Gasteiger partial charge in [-0.15, -0.1) is 10.2 Å². The summed E-state index contributed by atoms with van der Waals surface area (Å²) < 4.78 is 1.11. The van der Waals surface area contributed by atoms with Crippen molar-refractivity contribution in [3.05, 3.63) is 0 Å². The lowest BCUT2D eigenvalue weighted by atomic mass is 9.95. The number of anilines is 1. The molecule has 96 valence electrons. The van der Waals surface area contributed by atoms with E-state index in [2.05, 4.69) is 22.6 Å². The van der Waals surface area contributed by atoms with Gasteiger partial charge in [0.05, 0.1) is 0 Å². The monoisotopic (exact) mass is 272 g/mol. The molecule has 2 rings (SSSR count). The van der Waals surface area contributed by atoms with Crippen molar-refractivity contribution in [1.29, 1.82) is 0 Å². The zero-order valence-corrected chi connectivity index (χ0v) is 12.3. The molecule has 0 spiro atoms. The molecule has 17 heavy (non-hydrogen) atoms. The lowest BCUT2D eigenvalue weighted by Crippen LogP contribution is -2.32. The van der Waals surface area contributed by atoms with Crippen molar-refractivity contribution in [2.24, 2.45) is 0 Å². The average Bonchev–Trinajstić information content (AvgIpc) is 2.78. The van der Waals surface area contributed by atoms with Gasteiger partial charge in [-0.1, -0.05) is 29.5 Å². The van der Waals surface area contributed by atoms with E-state index in [4.69, 9.17) is 0 Å². The lowest BCUT2D eigenvalue weighted by molar-refractivity contribution is 0.402. The van der Waals surface area contributed by atoms with Crippen molar-refractivity contribution in [2.75, 3.05) is 26.0 Å². The molecule has 0 saturated heterocycles. The predicted octanol–water partition coefficient (Wildman–Crippen LogP) is 2.23. The highest BCUT2D eigenvalue weighted by Gasteiger charge is 2.23. The van der Waals surface area contributed by atoms with Crippen LogP contribution in [0, 0.1) is 0 Å². The molecule has 1 aromatic rings. The number of nitrogens with one attached hydrogen (secondary N) is 1. The highest BCUT2D eigenvalue weighted by Crippen LogP contribution is 2.36. The SMILES string of the molecule is CNC1CCCC(Sc2nnc(N(C)C)s2)C1. The molecular formula is C11H20N4S2. The topological polar surface area (TPSA) is 41.1 Å². The summed E-state index contributed by atoms with van der Waals surface area (Å²) in [6.45, 7) is 0. The molecule has 2 unspecified atom stereocenters. The van der Waals surface area contributed by atoms with Crippen LogP contribution < -0.4 is 10.2 Å². The third kappa shape index (κ3) is 3.56. The molecule has 4 nitrogen and oxygen atoms in total. The van der Waals surface area contributed by atoms with Crippen molar-refractivity contribution in [3.8, 4) is 0 Å². The van der Waals surface area contributed by atoms with Crippen LogP contribution >= 0.6 is 23.1 Å². The second-order valence-corrected chi connectivity index (χ2v) is 7.14. The maximum absolute atomic E-state index is 4.25. The molecule has 1 fully saturated rings. The van der Waals surface area contributed by atoms with E-state index in [1.54, 1.807) is 11.3 Å². The Hall–Kier alpha value is -0.330. The molecule has 1 aliphatic carbocycles. The van der Waals surface area contributed by atoms with Gasteiger partial charge in [0.2, 0.25) is 5.13 Å². The van der Waals surface area contributed by atoms with Gasteiger partial charge in [0.25, 0.3) is 0 Å². The van der Waals surface area contributed by atoms with Crippen LogP contribution in [0.1, 0.15) is 25.7 Å². The number of hydrogen-bond acceptors (Lipinski definition) is 6. The molecule has 1 saturated carbocycles. The largest absolute Gasteiger partial charge is 0.353 e. The van der Waals surface area contributed by atoms with E-state index < -0.39 is 0 Å². The maximum atomic E-state index is 4.25. The Balaban J connectivity index is 1.91. The highest BCUT2D eigenvalue weighted by atomic mass is 32.2. The quantitative estimate of drug-likeness (QED) is 0.910. The summed E-state index contributed by atoms with van der Waals surface area (Å²) in [6, 6.07) is 0.683. The van der Waals surface area contributed by atoms with E-state index in [-0.39, 0.29) is 0 Å². The Morgan fingerprint density at radius 2 is 2.18 bits per heavy atom. The van der Waals surface area contributed by atoms with E-state index in [1.807, 2.05) is 30.8 Å². The minimum atomic E-state index is 0.683. The molecule has 2 atom stereocenters. The summed E-state index contributed by atoms with van der Waals surface area (Å²) in [5, 5.41) is 13.5. The van der Waals surface area contributed by atoms with E-state index >= 15 is 0 Å². The molecule has 1 aromatic heterocycles. The molecule has 1 N–H and O–H groups in total. The molecule has 0 amide bonds. The molecule has 6 heteroatoms. The van der Waals surface area contributed by atoms with Gasteiger partial charge in [-0.2, -0.15) is 0 Å². The number of rotatable bonds is 4. The first-order valence-electron chi connectivity index (χ1n) is 6.03. The Bertz CT molecular complexity index is 353. The van der Waals surface area contributed by atoms with Gasteiger partial charge in [-0.05, 0) is 26.3 Å². The van der Waals surface area contributed by atoms with E-state index in [9.17, 15) is 0 Å². The first-order valence-corrected chi connectivity index (χ1v) is 7.73. The van der Waals surface area contributed by atoms with E-state index in [1.165, 1.54) is 25.7 Å². The van der Waals surface area contributed by atoms with Gasteiger partial charge in [0, 0.05) is 25.4 Å². The van der Waals surface area contributed by atoms with Crippen molar-refractivity contribution < 1.29 is 0 Å². The van der Waals surface area contributed by atoms with Crippen LogP contribution in [0.2, 0.25) is 0 Å². The number of nitrogens with zero attached hydrogens (tertiary/aromatic N) is 3. The van der Waals surface area contributed by atoms with Gasteiger partial charge in [0.15, 0.2) is 4.34 Å². The summed E-state index contributed by atoms with van der Waals surface area (Å²) in [6.07, 6.45) is 5.19. The summed E-state index contributed by atoms with van der Waals surface area (Å²) in [5.74, 6) is 0. The van der Waals surface area contributed by atoms with Crippen molar-refractivity contribution in [1.82, 2.24) is 15.5 Å². The van der Waals surface area contributed by atoms with Crippen LogP contribution in [0.4, 0.5) is 5.13 Å². The summed E-state index contributed by atoms with van der Waals surface area (Å²) in [4.78, 5) is 2.01. The fourth-order valence-corrected chi connectivity index (χ4v) is 4.40. The summed E-state index contributed by atoms with van der Waals surface area (Å²) in [5.41, 5.74) is 0. The van der Waals surface area contributed by atoms with Gasteiger partial charge >= 0.3 is 0 Å². The highest BCUT2D eigenvalue weighted by molar-refractivity contribution is 8.01. The fraction of sp³-hybridized carbons (Fsp3) is 0.818. The minimum Gasteiger partial charge on any atom is -0.353 e. The maximum Gasteiger partial charge on any atom is 0.208 e. The molecular weight excluding hydrogens is 252 g/mol. The van der Waals surface area contributed by atoms with Crippen molar-refractivity contribution >= 4 is 28.2 Å². The van der Waals surface area contributed by atoms with Gasteiger partial charge in [0.1, 0.15) is 0 Å². The predicted molar refractivity (Wildman–Crippen MR) is 75.2 cm³/mol. The van der Waals surface area contributed by atoms with Gasteiger partial charge in [-0.25, -0.2) is 0 Å². The van der Waals surface area contributed by atoms with Crippen LogP contribution in [0.25, 0.3) is 0 Å². The van der Waals surface area contributed by atoms with E-state index in [0.29, 0.717) is 11.3 Å². The third-order valence-electron chi connectivity index (χ3n) is 3.08. The van der Waals surface area contributed by atoms with Gasteiger partial charge < -0.3 is 10.2 Å². The number of thioether (sulfide) groups is 1. The van der Waals surface area contributed by atoms with E-state index in [0.717, 1.165) is 9.47 Å². The first-order chi connectivity index (χ1) is 8.19. The van der Waals surface area contributed by atoms with Gasteiger partial charge in [-0.3, -0.25) is 0 Å². The van der Waals surface area contributed by atoms with Crippen molar-refractivity contribution in [3.63, 3.8) is 0 Å².